The lowest BCUT2D eigenvalue weighted by Crippen LogP contribution is -2.26. The van der Waals surface area contributed by atoms with Gasteiger partial charge in [0.2, 0.25) is 0 Å². The molecule has 0 atom stereocenters. The minimum absolute atomic E-state index is 0.104. The molecule has 0 unspecified atom stereocenters. The number of alkyl halides is 2. The van der Waals surface area contributed by atoms with Crippen LogP contribution in [0.4, 0.5) is 8.78 Å². The highest BCUT2D eigenvalue weighted by atomic mass is 35.5. The van der Waals surface area contributed by atoms with Crippen LogP contribution in [0.3, 0.4) is 0 Å². The van der Waals surface area contributed by atoms with Gasteiger partial charge in [-0.3, -0.25) is 4.79 Å². The Hall–Kier alpha value is -2.60. The SMILES string of the molecule is O=C(NCCc1ccc(OC(F)F)cc1)c1[nH]c2ccccc2c1Cl. The monoisotopic (exact) mass is 364 g/mol. The van der Waals surface area contributed by atoms with Gasteiger partial charge in [0.25, 0.3) is 5.91 Å². The van der Waals surface area contributed by atoms with Crippen molar-refractivity contribution < 1.29 is 18.3 Å². The Kier molecular flexibility index (Phi) is 5.19. The summed E-state index contributed by atoms with van der Waals surface area (Å²) >= 11 is 6.24. The van der Waals surface area contributed by atoms with Gasteiger partial charge in [-0.15, -0.1) is 0 Å². The number of H-pyrrole nitrogens is 1. The van der Waals surface area contributed by atoms with E-state index in [2.05, 4.69) is 15.0 Å². The van der Waals surface area contributed by atoms with Crippen LogP contribution in [0.5, 0.6) is 5.75 Å². The lowest BCUT2D eigenvalue weighted by molar-refractivity contribution is -0.0498. The fraction of sp³-hybridized carbons (Fsp3) is 0.167. The summed E-state index contributed by atoms with van der Waals surface area (Å²) in [6.45, 7) is -2.45. The molecule has 0 fully saturated rings. The Bertz CT molecular complexity index is 878. The van der Waals surface area contributed by atoms with Gasteiger partial charge >= 0.3 is 6.61 Å². The molecule has 1 heterocycles. The van der Waals surface area contributed by atoms with Crippen molar-refractivity contribution in [3.8, 4) is 5.75 Å². The largest absolute Gasteiger partial charge is 0.435 e. The highest BCUT2D eigenvalue weighted by Crippen LogP contribution is 2.27. The molecule has 3 aromatic rings. The maximum Gasteiger partial charge on any atom is 0.387 e. The molecule has 4 nitrogen and oxygen atoms in total. The first-order chi connectivity index (χ1) is 12.0. The number of rotatable bonds is 6. The van der Waals surface area contributed by atoms with Crippen LogP contribution in [0.1, 0.15) is 16.1 Å². The van der Waals surface area contributed by atoms with Gasteiger partial charge in [-0.05, 0) is 30.2 Å². The highest BCUT2D eigenvalue weighted by molar-refractivity contribution is 6.38. The molecule has 3 rings (SSSR count). The van der Waals surface area contributed by atoms with Crippen LogP contribution in [0, 0.1) is 0 Å². The second-order valence-electron chi connectivity index (χ2n) is 5.39. The average molecular weight is 365 g/mol. The van der Waals surface area contributed by atoms with Crippen LogP contribution in [0.25, 0.3) is 10.9 Å². The van der Waals surface area contributed by atoms with E-state index in [1.807, 2.05) is 24.3 Å². The summed E-state index contributed by atoms with van der Waals surface area (Å²) in [5, 5.41) is 3.98. The lowest BCUT2D eigenvalue weighted by Gasteiger charge is -2.07. The second-order valence-corrected chi connectivity index (χ2v) is 5.77. The van der Waals surface area contributed by atoms with E-state index >= 15 is 0 Å². The number of hydrogen-bond acceptors (Lipinski definition) is 2. The van der Waals surface area contributed by atoms with Gasteiger partial charge in [-0.1, -0.05) is 41.9 Å². The summed E-state index contributed by atoms with van der Waals surface area (Å²) in [7, 11) is 0. The van der Waals surface area contributed by atoms with Gasteiger partial charge in [0.15, 0.2) is 0 Å². The van der Waals surface area contributed by atoms with Crippen LogP contribution in [-0.2, 0) is 6.42 Å². The van der Waals surface area contributed by atoms with Gasteiger partial charge in [0.1, 0.15) is 11.4 Å². The predicted molar refractivity (Wildman–Crippen MR) is 92.4 cm³/mol. The van der Waals surface area contributed by atoms with E-state index < -0.39 is 6.61 Å². The first-order valence-corrected chi connectivity index (χ1v) is 8.00. The van der Waals surface area contributed by atoms with Crippen LogP contribution >= 0.6 is 11.6 Å². The van der Waals surface area contributed by atoms with Crippen molar-refractivity contribution in [1.82, 2.24) is 10.3 Å². The number of para-hydroxylation sites is 1. The molecule has 0 bridgehead atoms. The number of benzene rings is 2. The normalized spacial score (nSPS) is 11.0. The molecule has 1 aromatic heterocycles. The third-order valence-corrected chi connectivity index (χ3v) is 4.11. The van der Waals surface area contributed by atoms with Crippen LogP contribution in [-0.4, -0.2) is 24.0 Å². The number of ether oxygens (including phenoxy) is 1. The quantitative estimate of drug-likeness (QED) is 0.681. The van der Waals surface area contributed by atoms with Gasteiger partial charge < -0.3 is 15.0 Å². The van der Waals surface area contributed by atoms with Crippen LogP contribution in [0.15, 0.2) is 48.5 Å². The zero-order chi connectivity index (χ0) is 17.8. The number of amides is 1. The fourth-order valence-electron chi connectivity index (χ4n) is 2.51. The summed E-state index contributed by atoms with van der Waals surface area (Å²) in [5.41, 5.74) is 2.01. The average Bonchev–Trinajstić information content (AvgIpc) is 2.93. The Morgan fingerprint density at radius 2 is 1.88 bits per heavy atom. The fourth-order valence-corrected chi connectivity index (χ4v) is 2.81. The number of carbonyl (C=O) groups is 1. The topological polar surface area (TPSA) is 54.1 Å². The van der Waals surface area contributed by atoms with E-state index in [0.717, 1.165) is 16.5 Å². The van der Waals surface area contributed by atoms with E-state index in [4.69, 9.17) is 11.6 Å². The molecule has 25 heavy (non-hydrogen) atoms. The number of hydrogen-bond donors (Lipinski definition) is 2. The first kappa shape index (κ1) is 17.2. The Morgan fingerprint density at radius 3 is 2.56 bits per heavy atom. The summed E-state index contributed by atoms with van der Waals surface area (Å²) in [6.07, 6.45) is 0.554. The predicted octanol–water partition coefficient (Wildman–Crippen LogP) is 4.40. The van der Waals surface area contributed by atoms with Gasteiger partial charge in [0, 0.05) is 17.4 Å². The molecule has 0 aliphatic carbocycles. The summed E-state index contributed by atoms with van der Waals surface area (Å²) < 4.78 is 28.5. The summed E-state index contributed by atoms with van der Waals surface area (Å²) in [6, 6.07) is 13.7. The maximum absolute atomic E-state index is 12.3. The van der Waals surface area contributed by atoms with E-state index in [1.54, 1.807) is 12.1 Å². The number of fused-ring (bicyclic) bond motifs is 1. The van der Waals surface area contributed by atoms with Crippen molar-refractivity contribution in [1.29, 1.82) is 0 Å². The van der Waals surface area contributed by atoms with Gasteiger partial charge in [0.05, 0.1) is 5.02 Å². The molecule has 7 heteroatoms. The first-order valence-electron chi connectivity index (χ1n) is 7.63. The van der Waals surface area contributed by atoms with E-state index in [-0.39, 0.29) is 11.7 Å². The molecule has 2 N–H and O–H groups in total. The van der Waals surface area contributed by atoms with Crippen molar-refractivity contribution in [2.24, 2.45) is 0 Å². The van der Waals surface area contributed by atoms with Crippen LogP contribution in [0.2, 0.25) is 5.02 Å². The Morgan fingerprint density at radius 1 is 1.16 bits per heavy atom. The molecule has 0 radical (unpaired) electrons. The number of nitrogens with one attached hydrogen (secondary N) is 2. The molecule has 1 amide bonds. The lowest BCUT2D eigenvalue weighted by atomic mass is 10.1. The molecular weight excluding hydrogens is 350 g/mol. The van der Waals surface area contributed by atoms with E-state index in [0.29, 0.717) is 23.7 Å². The molecule has 0 saturated carbocycles. The standard InChI is InChI=1S/C18H15ClF2N2O2/c19-15-13-3-1-2-4-14(13)23-16(15)17(24)22-10-9-11-5-7-12(8-6-11)25-18(20)21/h1-8,18,23H,9-10H2,(H,22,24). The summed E-state index contributed by atoms with van der Waals surface area (Å²) in [5.74, 6) is -0.188. The van der Waals surface area contributed by atoms with E-state index in [1.165, 1.54) is 12.1 Å². The van der Waals surface area contributed by atoms with E-state index in [9.17, 15) is 13.6 Å². The van der Waals surface area contributed by atoms with Gasteiger partial charge in [-0.2, -0.15) is 8.78 Å². The molecular formula is C18H15ClF2N2O2. The Labute approximate surface area is 147 Å². The van der Waals surface area contributed by atoms with Crippen molar-refractivity contribution >= 4 is 28.4 Å². The number of aromatic amines is 1. The van der Waals surface area contributed by atoms with Crippen molar-refractivity contribution in [3.05, 3.63) is 64.8 Å². The molecule has 130 valence electrons. The zero-order valence-electron chi connectivity index (χ0n) is 13.1. The summed E-state index contributed by atoms with van der Waals surface area (Å²) in [4.78, 5) is 15.3. The number of carbonyl (C=O) groups excluding carboxylic acids is 1. The minimum atomic E-state index is -2.84. The molecule has 0 aliphatic rings. The highest BCUT2D eigenvalue weighted by Gasteiger charge is 2.15. The molecule has 0 spiro atoms. The maximum atomic E-state index is 12.3. The van der Waals surface area contributed by atoms with Crippen LogP contribution < -0.4 is 10.1 Å². The molecule has 2 aromatic carbocycles. The second kappa shape index (κ2) is 7.53. The van der Waals surface area contributed by atoms with Crippen molar-refractivity contribution in [2.45, 2.75) is 13.0 Å². The van der Waals surface area contributed by atoms with Crippen molar-refractivity contribution in [3.63, 3.8) is 0 Å². The molecule has 0 saturated heterocycles. The number of halogens is 3. The smallest absolute Gasteiger partial charge is 0.387 e. The minimum Gasteiger partial charge on any atom is -0.435 e. The Balaban J connectivity index is 1.58. The molecule has 0 aliphatic heterocycles. The van der Waals surface area contributed by atoms with Gasteiger partial charge in [-0.25, -0.2) is 0 Å². The number of aromatic nitrogens is 1. The van der Waals surface area contributed by atoms with Crippen molar-refractivity contribution in [2.75, 3.05) is 6.54 Å². The zero-order valence-corrected chi connectivity index (χ0v) is 13.8. The third kappa shape index (κ3) is 4.09. The third-order valence-electron chi connectivity index (χ3n) is 3.72.